The van der Waals surface area contributed by atoms with E-state index in [9.17, 15) is 4.79 Å². The molecule has 0 atom stereocenters. The molecule has 23 heavy (non-hydrogen) atoms. The summed E-state index contributed by atoms with van der Waals surface area (Å²) in [4.78, 5) is 12.2. The zero-order valence-electron chi connectivity index (χ0n) is 12.7. The predicted octanol–water partition coefficient (Wildman–Crippen LogP) is 2.71. The average Bonchev–Trinajstić information content (AvgIpc) is 3.27. The first kappa shape index (κ1) is 16.1. The molecule has 1 saturated carbocycles. The molecule has 0 bridgehead atoms. The quantitative estimate of drug-likeness (QED) is 0.804. The number of hydrogen-bond donors (Lipinski definition) is 1. The van der Waals surface area contributed by atoms with E-state index in [2.05, 4.69) is 20.8 Å². The second-order valence-corrected chi connectivity index (χ2v) is 6.63. The van der Waals surface area contributed by atoms with E-state index in [0.717, 1.165) is 18.4 Å². The summed E-state index contributed by atoms with van der Waals surface area (Å²) in [5.41, 5.74) is 1.47. The summed E-state index contributed by atoms with van der Waals surface area (Å²) in [6.07, 6.45) is 2.18. The molecular weight excluding hydrogens is 338 g/mol. The van der Waals surface area contributed by atoms with Gasteiger partial charge in [0.1, 0.15) is 5.75 Å². The Morgan fingerprint density at radius 1 is 1.52 bits per heavy atom. The Kier molecular flexibility index (Phi) is 4.72. The number of amides is 1. The van der Waals surface area contributed by atoms with Crippen LogP contribution < -0.4 is 10.1 Å². The van der Waals surface area contributed by atoms with E-state index in [1.54, 1.807) is 16.8 Å². The molecule has 7 nitrogen and oxygen atoms in total. The summed E-state index contributed by atoms with van der Waals surface area (Å²) in [7, 11) is 1.54. The highest BCUT2D eigenvalue weighted by Gasteiger charge is 2.28. The third kappa shape index (κ3) is 3.76. The van der Waals surface area contributed by atoms with Crippen molar-refractivity contribution in [3.8, 4) is 5.75 Å². The molecule has 9 heteroatoms. The molecule has 1 heterocycles. The molecule has 1 amide bonds. The van der Waals surface area contributed by atoms with E-state index in [1.165, 1.54) is 18.9 Å². The Balaban J connectivity index is 1.63. The third-order valence-electron chi connectivity index (χ3n) is 3.44. The van der Waals surface area contributed by atoms with E-state index < -0.39 is 0 Å². The normalized spacial score (nSPS) is 13.9. The summed E-state index contributed by atoms with van der Waals surface area (Å²) >= 11 is 7.38. The minimum absolute atomic E-state index is 0.152. The van der Waals surface area contributed by atoms with E-state index in [4.69, 9.17) is 16.3 Å². The minimum Gasteiger partial charge on any atom is -0.495 e. The van der Waals surface area contributed by atoms with Gasteiger partial charge in [0.25, 0.3) is 0 Å². The maximum Gasteiger partial charge on any atom is 0.234 e. The van der Waals surface area contributed by atoms with E-state index in [1.807, 2.05) is 6.92 Å². The number of benzene rings is 1. The number of methoxy groups -OCH3 is 1. The lowest BCUT2D eigenvalue weighted by Crippen LogP contribution is -2.15. The van der Waals surface area contributed by atoms with Gasteiger partial charge in [-0.1, -0.05) is 23.4 Å². The zero-order chi connectivity index (χ0) is 16.4. The van der Waals surface area contributed by atoms with Crippen LogP contribution in [0.1, 0.15) is 24.4 Å². The summed E-state index contributed by atoms with van der Waals surface area (Å²) in [6, 6.07) is 3.86. The van der Waals surface area contributed by atoms with Crippen LogP contribution in [0.25, 0.3) is 0 Å². The highest BCUT2D eigenvalue weighted by atomic mass is 35.5. The topological polar surface area (TPSA) is 81.9 Å². The van der Waals surface area contributed by atoms with Crippen molar-refractivity contribution >= 4 is 35.0 Å². The summed E-state index contributed by atoms with van der Waals surface area (Å²) in [6.45, 7) is 1.87. The lowest BCUT2D eigenvalue weighted by Gasteiger charge is -2.12. The van der Waals surface area contributed by atoms with Crippen LogP contribution in [0.2, 0.25) is 5.02 Å². The van der Waals surface area contributed by atoms with Crippen molar-refractivity contribution in [3.63, 3.8) is 0 Å². The molecule has 3 rings (SSSR count). The summed E-state index contributed by atoms with van der Waals surface area (Å²) in [5, 5.41) is 15.7. The molecular formula is C14H16ClN5O2S. The zero-order valence-corrected chi connectivity index (χ0v) is 14.3. The van der Waals surface area contributed by atoms with Gasteiger partial charge in [0.2, 0.25) is 11.1 Å². The van der Waals surface area contributed by atoms with Crippen molar-refractivity contribution in [2.24, 2.45) is 0 Å². The maximum absolute atomic E-state index is 12.2. The van der Waals surface area contributed by atoms with Gasteiger partial charge in [-0.25, -0.2) is 4.68 Å². The van der Waals surface area contributed by atoms with Crippen molar-refractivity contribution in [1.82, 2.24) is 20.2 Å². The highest BCUT2D eigenvalue weighted by molar-refractivity contribution is 7.99. The first-order valence-corrected chi connectivity index (χ1v) is 8.49. The average molecular weight is 354 g/mol. The fraction of sp³-hybridized carbons (Fsp3) is 0.429. The van der Waals surface area contributed by atoms with Gasteiger partial charge < -0.3 is 10.1 Å². The number of thioether (sulfide) groups is 1. The monoisotopic (exact) mass is 353 g/mol. The Bertz CT molecular complexity index is 732. The number of rotatable bonds is 6. The minimum atomic E-state index is -0.152. The van der Waals surface area contributed by atoms with Crippen molar-refractivity contribution in [3.05, 3.63) is 22.7 Å². The van der Waals surface area contributed by atoms with Gasteiger partial charge in [-0.05, 0) is 41.8 Å². The lowest BCUT2D eigenvalue weighted by molar-refractivity contribution is -0.113. The number of tetrazole rings is 1. The van der Waals surface area contributed by atoms with Crippen molar-refractivity contribution < 1.29 is 9.53 Å². The van der Waals surface area contributed by atoms with Gasteiger partial charge in [-0.15, -0.1) is 5.10 Å². The third-order valence-corrected chi connectivity index (χ3v) is 4.78. The number of hydrogen-bond acceptors (Lipinski definition) is 6. The number of nitrogens with zero attached hydrogens (tertiary/aromatic N) is 4. The second-order valence-electron chi connectivity index (χ2n) is 5.28. The Morgan fingerprint density at radius 2 is 2.30 bits per heavy atom. The Hall–Kier alpha value is -1.80. The number of anilines is 1. The SMILES string of the molecule is COc1cc(Cl)c(C)cc1NC(=O)CSc1nnnn1C1CC1. The predicted molar refractivity (Wildman–Crippen MR) is 88.2 cm³/mol. The molecule has 1 aromatic carbocycles. The number of aryl methyl sites for hydroxylation is 1. The number of aromatic nitrogens is 4. The number of carbonyl (C=O) groups excluding carboxylic acids is 1. The summed E-state index contributed by atoms with van der Waals surface area (Å²) < 4.78 is 7.03. The molecule has 1 N–H and O–H groups in total. The van der Waals surface area contributed by atoms with Gasteiger partial charge in [0.05, 0.1) is 24.6 Å². The molecule has 122 valence electrons. The van der Waals surface area contributed by atoms with Crippen LogP contribution >= 0.6 is 23.4 Å². The van der Waals surface area contributed by atoms with Crippen LogP contribution in [-0.2, 0) is 4.79 Å². The van der Waals surface area contributed by atoms with Gasteiger partial charge in [0.15, 0.2) is 0 Å². The van der Waals surface area contributed by atoms with Gasteiger partial charge >= 0.3 is 0 Å². The van der Waals surface area contributed by atoms with E-state index in [0.29, 0.717) is 27.7 Å². The number of ether oxygens (including phenoxy) is 1. The van der Waals surface area contributed by atoms with Crippen LogP contribution in [-0.4, -0.2) is 39.0 Å². The van der Waals surface area contributed by atoms with Crippen molar-refractivity contribution in [1.29, 1.82) is 0 Å². The fourth-order valence-corrected chi connectivity index (χ4v) is 2.97. The molecule has 0 spiro atoms. The van der Waals surface area contributed by atoms with E-state index in [-0.39, 0.29) is 11.7 Å². The number of halogens is 1. The summed E-state index contributed by atoms with van der Waals surface area (Å²) in [5.74, 6) is 0.597. The van der Waals surface area contributed by atoms with Crippen molar-refractivity contribution in [2.45, 2.75) is 31.0 Å². The molecule has 0 radical (unpaired) electrons. The number of nitrogens with one attached hydrogen (secondary N) is 1. The standard InChI is InChI=1S/C14H16ClN5O2S/c1-8-5-11(12(22-2)6-10(8)15)16-13(21)7-23-14-17-18-19-20(14)9-3-4-9/h5-6,9H,3-4,7H2,1-2H3,(H,16,21). The molecule has 2 aromatic rings. The molecule has 1 fully saturated rings. The smallest absolute Gasteiger partial charge is 0.234 e. The lowest BCUT2D eigenvalue weighted by atomic mass is 10.2. The van der Waals surface area contributed by atoms with Gasteiger partial charge in [0, 0.05) is 11.1 Å². The Labute approximate surface area is 142 Å². The molecule has 1 aromatic heterocycles. The largest absolute Gasteiger partial charge is 0.495 e. The van der Waals surface area contributed by atoms with Crippen LogP contribution in [0, 0.1) is 6.92 Å². The molecule has 1 aliphatic rings. The van der Waals surface area contributed by atoms with E-state index >= 15 is 0 Å². The van der Waals surface area contributed by atoms with Crippen molar-refractivity contribution in [2.75, 3.05) is 18.2 Å². The first-order valence-electron chi connectivity index (χ1n) is 7.13. The number of carbonyl (C=O) groups is 1. The van der Waals surface area contributed by atoms with Crippen LogP contribution in [0.4, 0.5) is 5.69 Å². The van der Waals surface area contributed by atoms with Crippen LogP contribution in [0.15, 0.2) is 17.3 Å². The fourth-order valence-electron chi connectivity index (χ4n) is 2.07. The molecule has 0 saturated heterocycles. The first-order chi connectivity index (χ1) is 11.1. The second kappa shape index (κ2) is 6.76. The van der Waals surface area contributed by atoms with Gasteiger partial charge in [-0.3, -0.25) is 4.79 Å². The molecule has 0 unspecified atom stereocenters. The molecule has 0 aliphatic heterocycles. The molecule has 1 aliphatic carbocycles. The van der Waals surface area contributed by atoms with Crippen LogP contribution in [0.5, 0.6) is 5.75 Å². The van der Waals surface area contributed by atoms with Gasteiger partial charge in [-0.2, -0.15) is 0 Å². The Morgan fingerprint density at radius 3 is 3.00 bits per heavy atom. The maximum atomic E-state index is 12.2. The van der Waals surface area contributed by atoms with Crippen LogP contribution in [0.3, 0.4) is 0 Å². The highest BCUT2D eigenvalue weighted by Crippen LogP contribution is 2.36.